The number of nitrogens with zero attached hydrogens (tertiary/aromatic N) is 6. The summed E-state index contributed by atoms with van der Waals surface area (Å²) < 4.78 is 38.9. The van der Waals surface area contributed by atoms with Gasteiger partial charge in [0.15, 0.2) is 5.82 Å². The Morgan fingerprint density at radius 2 is 1.92 bits per heavy atom. The fourth-order valence-corrected chi connectivity index (χ4v) is 6.41. The van der Waals surface area contributed by atoms with Crippen LogP contribution in [0, 0.1) is 0 Å². The van der Waals surface area contributed by atoms with E-state index in [1.54, 1.807) is 42.5 Å². The Morgan fingerprint density at radius 1 is 1.14 bits per heavy atom. The average Bonchev–Trinajstić information content (AvgIpc) is 3.25. The van der Waals surface area contributed by atoms with Crippen molar-refractivity contribution in [2.75, 3.05) is 17.6 Å². The molecule has 196 valence electrons. The Labute approximate surface area is 217 Å². The second-order valence-corrected chi connectivity index (χ2v) is 18.2. The van der Waals surface area contributed by atoms with E-state index in [9.17, 15) is 13.5 Å². The molecule has 1 aromatic carbocycles. The van der Waals surface area contributed by atoms with Crippen LogP contribution in [-0.2, 0) is 27.4 Å². The number of para-hydroxylation sites is 1. The Hall–Kier alpha value is -3.06. The SMILES string of the molecule is Cn1ncc2cccc(N(COCC[Si](C)(C)C)S(=O)(=O)c3cccnc3-n3cc(C4(O)CC4)cn3)c21. The third kappa shape index (κ3) is 5.06. The van der Waals surface area contributed by atoms with Crippen LogP contribution in [0.3, 0.4) is 0 Å². The molecule has 12 heteroatoms. The summed E-state index contributed by atoms with van der Waals surface area (Å²) in [6.45, 7) is 7.05. The van der Waals surface area contributed by atoms with Gasteiger partial charge in [-0.05, 0) is 37.1 Å². The zero-order chi connectivity index (χ0) is 26.4. The highest BCUT2D eigenvalue weighted by Gasteiger charge is 2.43. The Morgan fingerprint density at radius 3 is 2.65 bits per heavy atom. The highest BCUT2D eigenvalue weighted by Crippen LogP contribution is 2.45. The minimum atomic E-state index is -4.15. The largest absolute Gasteiger partial charge is 0.385 e. The summed E-state index contributed by atoms with van der Waals surface area (Å²) in [5, 5.41) is 20.0. The van der Waals surface area contributed by atoms with E-state index in [4.69, 9.17) is 4.74 Å². The van der Waals surface area contributed by atoms with E-state index < -0.39 is 23.7 Å². The summed E-state index contributed by atoms with van der Waals surface area (Å²) in [6.07, 6.45) is 7.75. The van der Waals surface area contributed by atoms with E-state index in [1.807, 2.05) is 12.1 Å². The van der Waals surface area contributed by atoms with Crippen LogP contribution in [-0.4, -0.2) is 59.5 Å². The number of aliphatic hydroxyl groups is 1. The van der Waals surface area contributed by atoms with Crippen LogP contribution in [0.2, 0.25) is 25.7 Å². The summed E-state index contributed by atoms with van der Waals surface area (Å²) in [4.78, 5) is 4.35. The van der Waals surface area contributed by atoms with Crippen LogP contribution < -0.4 is 4.31 Å². The molecule has 4 aromatic rings. The molecule has 0 aliphatic heterocycles. The predicted molar refractivity (Wildman–Crippen MR) is 144 cm³/mol. The van der Waals surface area contributed by atoms with Gasteiger partial charge in [0.25, 0.3) is 10.0 Å². The van der Waals surface area contributed by atoms with Gasteiger partial charge in [-0.1, -0.05) is 31.8 Å². The second kappa shape index (κ2) is 9.35. The zero-order valence-corrected chi connectivity index (χ0v) is 23.3. The molecule has 1 saturated carbocycles. The van der Waals surface area contributed by atoms with Crippen molar-refractivity contribution in [2.24, 2.45) is 7.05 Å². The smallest absolute Gasteiger partial charge is 0.270 e. The number of ether oxygens (including phenoxy) is 1. The lowest BCUT2D eigenvalue weighted by Crippen LogP contribution is -2.35. The Kier molecular flexibility index (Phi) is 6.47. The molecular formula is C25H32N6O4SSi. The third-order valence-corrected chi connectivity index (χ3v) is 10.1. The molecule has 5 rings (SSSR count). The highest BCUT2D eigenvalue weighted by atomic mass is 32.2. The maximum Gasteiger partial charge on any atom is 0.270 e. The van der Waals surface area contributed by atoms with Crippen molar-refractivity contribution in [3.8, 4) is 5.82 Å². The fourth-order valence-electron chi connectivity index (χ4n) is 4.17. The molecule has 1 aliphatic rings. The van der Waals surface area contributed by atoms with Gasteiger partial charge < -0.3 is 9.84 Å². The molecule has 10 nitrogen and oxygen atoms in total. The molecule has 3 heterocycles. The lowest BCUT2D eigenvalue weighted by atomic mass is 10.2. The quantitative estimate of drug-likeness (QED) is 0.185. The van der Waals surface area contributed by atoms with E-state index in [0.29, 0.717) is 36.2 Å². The van der Waals surface area contributed by atoms with E-state index in [0.717, 1.165) is 11.4 Å². The molecule has 0 atom stereocenters. The lowest BCUT2D eigenvalue weighted by molar-refractivity contribution is 0.151. The minimum Gasteiger partial charge on any atom is -0.385 e. The van der Waals surface area contributed by atoms with Crippen molar-refractivity contribution in [3.63, 3.8) is 0 Å². The highest BCUT2D eigenvalue weighted by molar-refractivity contribution is 7.93. The number of rotatable bonds is 10. The molecular weight excluding hydrogens is 508 g/mol. The molecule has 0 radical (unpaired) electrons. The number of aryl methyl sites for hydroxylation is 1. The van der Waals surface area contributed by atoms with E-state index >= 15 is 0 Å². The predicted octanol–water partition coefficient (Wildman–Crippen LogP) is 3.64. The van der Waals surface area contributed by atoms with Crippen LogP contribution in [0.25, 0.3) is 16.7 Å². The number of benzene rings is 1. The number of hydrogen-bond donors (Lipinski definition) is 1. The van der Waals surface area contributed by atoms with Crippen molar-refractivity contribution < 1.29 is 18.3 Å². The van der Waals surface area contributed by atoms with Gasteiger partial charge in [0.1, 0.15) is 11.6 Å². The first-order valence-corrected chi connectivity index (χ1v) is 17.4. The maximum absolute atomic E-state index is 14.3. The van der Waals surface area contributed by atoms with Crippen molar-refractivity contribution in [2.45, 2.75) is 49.0 Å². The number of anilines is 1. The molecule has 1 aliphatic carbocycles. The summed E-state index contributed by atoms with van der Waals surface area (Å²) in [7, 11) is -3.74. The second-order valence-electron chi connectivity index (χ2n) is 10.7. The molecule has 37 heavy (non-hydrogen) atoms. The van der Waals surface area contributed by atoms with Gasteiger partial charge in [-0.25, -0.2) is 22.4 Å². The van der Waals surface area contributed by atoms with Gasteiger partial charge in [-0.3, -0.25) is 4.68 Å². The molecule has 0 spiro atoms. The molecule has 0 unspecified atom stereocenters. The van der Waals surface area contributed by atoms with E-state index in [-0.39, 0.29) is 17.4 Å². The van der Waals surface area contributed by atoms with E-state index in [2.05, 4.69) is 34.8 Å². The summed E-state index contributed by atoms with van der Waals surface area (Å²) in [5.74, 6) is 0.155. The first-order valence-electron chi connectivity index (χ1n) is 12.2. The van der Waals surface area contributed by atoms with Crippen LogP contribution in [0.4, 0.5) is 5.69 Å². The van der Waals surface area contributed by atoms with Crippen LogP contribution >= 0.6 is 0 Å². The first kappa shape index (κ1) is 25.6. The van der Waals surface area contributed by atoms with Gasteiger partial charge in [-0.15, -0.1) is 0 Å². The van der Waals surface area contributed by atoms with Gasteiger partial charge in [0.05, 0.1) is 29.2 Å². The van der Waals surface area contributed by atoms with Gasteiger partial charge in [-0.2, -0.15) is 10.2 Å². The standard InChI is InChI=1S/C25H32N6O4SSi/c1-29-23-19(15-27-29)7-5-8-21(23)31(18-35-13-14-37(2,3)4)36(33,34)22-9-6-12-26-24(22)30-17-20(16-28-30)25(32)10-11-25/h5-9,12,15-17,32H,10-11,13-14,18H2,1-4H3. The average molecular weight is 541 g/mol. The van der Waals surface area contributed by atoms with Crippen molar-refractivity contribution in [1.29, 1.82) is 0 Å². The van der Waals surface area contributed by atoms with Gasteiger partial charge in [0, 0.05) is 45.1 Å². The first-order chi connectivity index (χ1) is 17.5. The molecule has 1 N–H and O–H groups in total. The number of sulfonamides is 1. The maximum atomic E-state index is 14.3. The van der Waals surface area contributed by atoms with Gasteiger partial charge in [0.2, 0.25) is 0 Å². The number of aromatic nitrogens is 5. The van der Waals surface area contributed by atoms with Crippen LogP contribution in [0.5, 0.6) is 0 Å². The Balaban J connectivity index is 1.57. The van der Waals surface area contributed by atoms with Gasteiger partial charge >= 0.3 is 0 Å². The number of hydrogen-bond acceptors (Lipinski definition) is 7. The fraction of sp³-hybridized carbons (Fsp3) is 0.400. The van der Waals surface area contributed by atoms with E-state index in [1.165, 1.54) is 21.3 Å². The monoisotopic (exact) mass is 540 g/mol. The normalized spacial score (nSPS) is 15.3. The van der Waals surface area contributed by atoms with Crippen molar-refractivity contribution in [3.05, 3.63) is 60.7 Å². The molecule has 0 bridgehead atoms. The number of pyridine rings is 1. The molecule has 3 aromatic heterocycles. The van der Waals surface area contributed by atoms with Crippen molar-refractivity contribution in [1.82, 2.24) is 24.5 Å². The lowest BCUT2D eigenvalue weighted by Gasteiger charge is -2.26. The molecule has 0 saturated heterocycles. The summed E-state index contributed by atoms with van der Waals surface area (Å²) >= 11 is 0. The summed E-state index contributed by atoms with van der Waals surface area (Å²) in [6, 6.07) is 9.48. The molecule has 1 fully saturated rings. The molecule has 0 amide bonds. The summed E-state index contributed by atoms with van der Waals surface area (Å²) in [5.41, 5.74) is 0.904. The topological polar surface area (TPSA) is 115 Å². The third-order valence-electron chi connectivity index (χ3n) is 6.59. The number of fused-ring (bicyclic) bond motifs is 1. The van der Waals surface area contributed by atoms with Crippen LogP contribution in [0.1, 0.15) is 18.4 Å². The minimum absolute atomic E-state index is 0.0135. The Bertz CT molecular complexity index is 1540. The zero-order valence-electron chi connectivity index (χ0n) is 21.5. The van der Waals surface area contributed by atoms with Crippen LogP contribution in [0.15, 0.2) is 60.0 Å². The van der Waals surface area contributed by atoms with Crippen molar-refractivity contribution >= 4 is 34.7 Å².